The van der Waals surface area contributed by atoms with E-state index in [0.29, 0.717) is 29.6 Å². The molecule has 118 valence electrons. The molecule has 1 heterocycles. The molecule has 0 radical (unpaired) electrons. The van der Waals surface area contributed by atoms with Gasteiger partial charge in [-0.3, -0.25) is 0 Å². The average molecular weight is 331 g/mol. The number of halogens is 1. The molecule has 1 aromatic carbocycles. The highest BCUT2D eigenvalue weighted by atomic mass is 35.5. The maximum absolute atomic E-state index is 12.7. The fraction of sp³-hybridized carbons (Fsp3) is 0.600. The van der Waals surface area contributed by atoms with E-state index in [1.165, 1.54) is 6.42 Å². The smallest absolute Gasteiger partial charge is 0.243 e. The minimum Gasteiger partial charge on any atom is -0.316 e. The molecule has 2 rings (SSSR count). The first-order chi connectivity index (χ1) is 10.1. The van der Waals surface area contributed by atoms with Gasteiger partial charge in [0.2, 0.25) is 10.0 Å². The predicted octanol–water partition coefficient (Wildman–Crippen LogP) is 3.01. The predicted molar refractivity (Wildman–Crippen MR) is 86.1 cm³/mol. The van der Waals surface area contributed by atoms with E-state index in [2.05, 4.69) is 5.32 Å². The van der Waals surface area contributed by atoms with Crippen molar-refractivity contribution in [1.29, 1.82) is 0 Å². The first-order valence-electron chi connectivity index (χ1n) is 7.49. The van der Waals surface area contributed by atoms with E-state index in [9.17, 15) is 8.42 Å². The molecule has 1 fully saturated rings. The highest BCUT2D eigenvalue weighted by Crippen LogP contribution is 2.25. The molecule has 0 aliphatic carbocycles. The lowest BCUT2D eigenvalue weighted by Crippen LogP contribution is -2.33. The molecule has 1 aliphatic rings. The van der Waals surface area contributed by atoms with Gasteiger partial charge in [0.05, 0.1) is 4.90 Å². The van der Waals surface area contributed by atoms with Crippen molar-refractivity contribution in [3.05, 3.63) is 28.8 Å². The van der Waals surface area contributed by atoms with Crippen LogP contribution in [-0.2, 0) is 16.6 Å². The monoisotopic (exact) mass is 330 g/mol. The molecule has 1 saturated heterocycles. The average Bonchev–Trinajstić information content (AvgIpc) is 2.40. The number of rotatable bonds is 4. The molecule has 6 heteroatoms. The van der Waals surface area contributed by atoms with Crippen LogP contribution < -0.4 is 5.32 Å². The molecule has 1 aliphatic heterocycles. The van der Waals surface area contributed by atoms with Crippen LogP contribution in [0.3, 0.4) is 0 Å². The molecule has 0 unspecified atom stereocenters. The van der Waals surface area contributed by atoms with Crippen molar-refractivity contribution < 1.29 is 8.42 Å². The van der Waals surface area contributed by atoms with Gasteiger partial charge in [-0.1, -0.05) is 36.9 Å². The van der Waals surface area contributed by atoms with Gasteiger partial charge in [0.1, 0.15) is 0 Å². The van der Waals surface area contributed by atoms with Crippen LogP contribution in [0.25, 0.3) is 0 Å². The fourth-order valence-corrected chi connectivity index (χ4v) is 4.49. The Morgan fingerprint density at radius 2 is 1.76 bits per heavy atom. The summed E-state index contributed by atoms with van der Waals surface area (Å²) in [5, 5.41) is 3.51. The van der Waals surface area contributed by atoms with Crippen LogP contribution in [0.4, 0.5) is 0 Å². The molecule has 1 N–H and O–H groups in total. The van der Waals surface area contributed by atoms with Crippen molar-refractivity contribution in [3.8, 4) is 0 Å². The van der Waals surface area contributed by atoms with Gasteiger partial charge in [-0.2, -0.15) is 4.31 Å². The quantitative estimate of drug-likeness (QED) is 0.923. The second-order valence-corrected chi connectivity index (χ2v) is 7.80. The Morgan fingerprint density at radius 1 is 1.14 bits per heavy atom. The second-order valence-electron chi connectivity index (χ2n) is 5.46. The number of hydrogen-bond donors (Lipinski definition) is 1. The van der Waals surface area contributed by atoms with E-state index in [1.807, 2.05) is 7.05 Å². The summed E-state index contributed by atoms with van der Waals surface area (Å²) < 4.78 is 27.1. The summed E-state index contributed by atoms with van der Waals surface area (Å²) in [5.74, 6) is 0. The summed E-state index contributed by atoms with van der Waals surface area (Å²) in [7, 11) is -1.59. The van der Waals surface area contributed by atoms with E-state index in [0.717, 1.165) is 31.2 Å². The molecule has 0 aromatic heterocycles. The Hall–Kier alpha value is -0.620. The molecule has 0 atom stereocenters. The summed E-state index contributed by atoms with van der Waals surface area (Å²) in [6, 6.07) is 5.02. The first kappa shape index (κ1) is 16.7. The Balaban J connectivity index is 2.23. The number of nitrogens with one attached hydrogen (secondary N) is 1. The van der Waals surface area contributed by atoms with Crippen molar-refractivity contribution in [2.24, 2.45) is 0 Å². The van der Waals surface area contributed by atoms with Gasteiger partial charge in [-0.15, -0.1) is 0 Å². The molecule has 0 bridgehead atoms. The SMILES string of the molecule is CNCc1ccc(S(=O)(=O)N2CCCCCCC2)cc1Cl. The lowest BCUT2D eigenvalue weighted by atomic mass is 10.1. The van der Waals surface area contributed by atoms with E-state index in [4.69, 9.17) is 11.6 Å². The molecule has 0 amide bonds. The van der Waals surface area contributed by atoms with Gasteiger partial charge in [0, 0.05) is 24.7 Å². The minimum absolute atomic E-state index is 0.299. The molecule has 0 saturated carbocycles. The number of benzene rings is 1. The van der Waals surface area contributed by atoms with Crippen molar-refractivity contribution in [1.82, 2.24) is 9.62 Å². The summed E-state index contributed by atoms with van der Waals surface area (Å²) in [6.45, 7) is 1.85. The highest BCUT2D eigenvalue weighted by Gasteiger charge is 2.25. The molecular formula is C15H23ClN2O2S. The second kappa shape index (κ2) is 7.58. The Bertz CT molecular complexity index is 567. The molecule has 1 aromatic rings. The number of hydrogen-bond acceptors (Lipinski definition) is 3. The van der Waals surface area contributed by atoms with Crippen molar-refractivity contribution in [2.45, 2.75) is 43.5 Å². The molecule has 0 spiro atoms. The van der Waals surface area contributed by atoms with Crippen LogP contribution in [0, 0.1) is 0 Å². The minimum atomic E-state index is -3.43. The van der Waals surface area contributed by atoms with Gasteiger partial charge in [0.25, 0.3) is 0 Å². The van der Waals surface area contributed by atoms with Crippen LogP contribution in [0.2, 0.25) is 5.02 Å². The highest BCUT2D eigenvalue weighted by molar-refractivity contribution is 7.89. The van der Waals surface area contributed by atoms with Gasteiger partial charge in [0.15, 0.2) is 0 Å². The number of nitrogens with zero attached hydrogens (tertiary/aromatic N) is 1. The van der Waals surface area contributed by atoms with Gasteiger partial charge < -0.3 is 5.32 Å². The van der Waals surface area contributed by atoms with Crippen molar-refractivity contribution in [2.75, 3.05) is 20.1 Å². The Labute approximate surface area is 132 Å². The lowest BCUT2D eigenvalue weighted by Gasteiger charge is -2.24. The van der Waals surface area contributed by atoms with Crippen LogP contribution >= 0.6 is 11.6 Å². The van der Waals surface area contributed by atoms with E-state index >= 15 is 0 Å². The fourth-order valence-electron chi connectivity index (χ4n) is 2.63. The van der Waals surface area contributed by atoms with E-state index in [-0.39, 0.29) is 0 Å². The van der Waals surface area contributed by atoms with Crippen LogP contribution in [0.15, 0.2) is 23.1 Å². The van der Waals surface area contributed by atoms with Crippen LogP contribution in [-0.4, -0.2) is 32.9 Å². The topological polar surface area (TPSA) is 49.4 Å². The summed E-state index contributed by atoms with van der Waals surface area (Å²) in [4.78, 5) is 0.299. The van der Waals surface area contributed by atoms with Crippen LogP contribution in [0.5, 0.6) is 0 Å². The third kappa shape index (κ3) is 4.19. The summed E-state index contributed by atoms with van der Waals surface area (Å²) in [6.07, 6.45) is 5.29. The molecule has 21 heavy (non-hydrogen) atoms. The molecule has 4 nitrogen and oxygen atoms in total. The van der Waals surface area contributed by atoms with Gasteiger partial charge in [-0.25, -0.2) is 8.42 Å². The summed E-state index contributed by atoms with van der Waals surface area (Å²) in [5.41, 5.74) is 0.908. The zero-order chi connectivity index (χ0) is 15.3. The largest absolute Gasteiger partial charge is 0.316 e. The third-order valence-electron chi connectivity index (χ3n) is 3.84. The van der Waals surface area contributed by atoms with Gasteiger partial charge in [-0.05, 0) is 37.6 Å². The van der Waals surface area contributed by atoms with Crippen LogP contribution in [0.1, 0.15) is 37.7 Å². The Kier molecular flexibility index (Phi) is 6.05. The normalized spacial score (nSPS) is 18.2. The standard InChI is InChI=1S/C15H23ClN2O2S/c1-17-12-13-7-8-14(11-15(13)16)21(19,20)18-9-5-3-2-4-6-10-18/h7-8,11,17H,2-6,9-10,12H2,1H3. The first-order valence-corrected chi connectivity index (χ1v) is 9.30. The zero-order valence-corrected chi connectivity index (χ0v) is 14.0. The summed E-state index contributed by atoms with van der Waals surface area (Å²) >= 11 is 6.19. The lowest BCUT2D eigenvalue weighted by molar-refractivity contribution is 0.364. The van der Waals surface area contributed by atoms with E-state index < -0.39 is 10.0 Å². The maximum Gasteiger partial charge on any atom is 0.243 e. The van der Waals surface area contributed by atoms with Crippen molar-refractivity contribution in [3.63, 3.8) is 0 Å². The third-order valence-corrected chi connectivity index (χ3v) is 6.09. The Morgan fingerprint density at radius 3 is 2.33 bits per heavy atom. The number of sulfonamides is 1. The van der Waals surface area contributed by atoms with Crippen molar-refractivity contribution >= 4 is 21.6 Å². The van der Waals surface area contributed by atoms with Gasteiger partial charge >= 0.3 is 0 Å². The zero-order valence-electron chi connectivity index (χ0n) is 12.4. The molecular weight excluding hydrogens is 308 g/mol. The van der Waals surface area contributed by atoms with E-state index in [1.54, 1.807) is 22.5 Å². The maximum atomic E-state index is 12.7.